The van der Waals surface area contributed by atoms with Crippen molar-refractivity contribution in [3.8, 4) is 5.69 Å². The molecule has 42 heavy (non-hydrogen) atoms. The summed E-state index contributed by atoms with van der Waals surface area (Å²) in [5, 5.41) is 1.15. The van der Waals surface area contributed by atoms with Crippen LogP contribution < -0.4 is 4.72 Å². The standard InChI is InChI=1S/C33H46FN5O2S/c1-23(2)37(3)33(40)29-19-26(34)10-13-31(29)39-22-30(28-14-16-35-20-32(28)39)25-7-6-17-38(18-15-25)21-24-8-11-27(12-9-24)36-42(4,5)41/h10,13-14,16,19-20,22-25,27H,4,6-9,11-12,15,17-18,21H2,1-3,5H3,(H,36,41). The summed E-state index contributed by atoms with van der Waals surface area (Å²) in [7, 11) is -0.397. The number of carbonyl (C=O) groups excluding carboxylic acids is 1. The SMILES string of the molecule is C=S(C)(=O)NC1CCC(CN2CCCC(c3cn(-c4ccc(F)cc4C(=O)N(C)C(C)C)c4cnccc34)CC2)CC1. The second kappa shape index (κ2) is 12.9. The highest BCUT2D eigenvalue weighted by molar-refractivity contribution is 7.97. The predicted molar refractivity (Wildman–Crippen MR) is 171 cm³/mol. The average molecular weight is 596 g/mol. The molecule has 0 bridgehead atoms. The molecular weight excluding hydrogens is 549 g/mol. The number of nitrogens with zero attached hydrogens (tertiary/aromatic N) is 4. The first kappa shape index (κ1) is 30.7. The molecule has 3 heterocycles. The zero-order valence-corrected chi connectivity index (χ0v) is 26.3. The predicted octanol–water partition coefficient (Wildman–Crippen LogP) is 5.62. The van der Waals surface area contributed by atoms with Crippen LogP contribution in [0.3, 0.4) is 0 Å². The van der Waals surface area contributed by atoms with Gasteiger partial charge in [0.15, 0.2) is 0 Å². The summed E-state index contributed by atoms with van der Waals surface area (Å²) in [4.78, 5) is 22.1. The Morgan fingerprint density at radius 1 is 1.17 bits per heavy atom. The fourth-order valence-electron chi connectivity index (χ4n) is 6.77. The van der Waals surface area contributed by atoms with Gasteiger partial charge in [0.25, 0.3) is 5.91 Å². The van der Waals surface area contributed by atoms with Crippen molar-refractivity contribution in [3.63, 3.8) is 0 Å². The lowest BCUT2D eigenvalue weighted by atomic mass is 9.86. The number of rotatable bonds is 8. The third-order valence-corrected chi connectivity index (χ3v) is 10.1. The Bertz CT molecular complexity index is 1510. The van der Waals surface area contributed by atoms with Crippen molar-refractivity contribution in [1.29, 1.82) is 0 Å². The van der Waals surface area contributed by atoms with Crippen LogP contribution in [0.25, 0.3) is 16.6 Å². The van der Waals surface area contributed by atoms with E-state index in [0.717, 1.165) is 62.6 Å². The van der Waals surface area contributed by atoms with Gasteiger partial charge in [-0.15, -0.1) is 0 Å². The number of aromatic nitrogens is 2. The summed E-state index contributed by atoms with van der Waals surface area (Å²) in [6.45, 7) is 7.20. The summed E-state index contributed by atoms with van der Waals surface area (Å²) in [5.74, 6) is 4.22. The van der Waals surface area contributed by atoms with Crippen molar-refractivity contribution in [2.75, 3.05) is 32.9 Å². The molecule has 2 unspecified atom stereocenters. The topological polar surface area (TPSA) is 70.5 Å². The van der Waals surface area contributed by atoms with Crippen LogP contribution in [0.5, 0.6) is 0 Å². The van der Waals surface area contributed by atoms with Crippen molar-refractivity contribution in [3.05, 3.63) is 59.8 Å². The molecule has 2 atom stereocenters. The van der Waals surface area contributed by atoms with E-state index < -0.39 is 15.5 Å². The molecule has 228 valence electrons. The fourth-order valence-corrected chi connectivity index (χ4v) is 7.71. The van der Waals surface area contributed by atoms with Gasteiger partial charge in [0.2, 0.25) is 0 Å². The first-order valence-corrected chi connectivity index (χ1v) is 17.5. The molecular formula is C33H46FN5O2S. The Balaban J connectivity index is 1.34. The zero-order valence-electron chi connectivity index (χ0n) is 25.5. The fraction of sp³-hybridized carbons (Fsp3) is 0.545. The number of amides is 1. The Kier molecular flexibility index (Phi) is 9.40. The smallest absolute Gasteiger partial charge is 0.256 e. The van der Waals surface area contributed by atoms with E-state index in [9.17, 15) is 13.4 Å². The number of pyridine rings is 1. The normalized spacial score (nSPS) is 23.5. The Morgan fingerprint density at radius 2 is 1.93 bits per heavy atom. The number of nitrogens with one attached hydrogen (secondary N) is 1. The molecule has 9 heteroatoms. The second-order valence-corrected chi connectivity index (χ2v) is 15.0. The van der Waals surface area contributed by atoms with Crippen LogP contribution >= 0.6 is 0 Å². The molecule has 0 spiro atoms. The highest BCUT2D eigenvalue weighted by atomic mass is 32.2. The molecule has 2 aliphatic rings. The molecule has 3 aromatic rings. The minimum absolute atomic E-state index is 0.00354. The lowest BCUT2D eigenvalue weighted by molar-refractivity contribution is 0.0754. The van der Waals surface area contributed by atoms with Gasteiger partial charge in [-0.1, -0.05) is 0 Å². The summed E-state index contributed by atoms with van der Waals surface area (Å²) in [6, 6.07) is 6.88. The molecule has 1 saturated heterocycles. The van der Waals surface area contributed by atoms with Crippen molar-refractivity contribution in [2.45, 2.75) is 76.8 Å². The minimum atomic E-state index is -2.16. The third-order valence-electron chi connectivity index (χ3n) is 9.22. The first-order chi connectivity index (χ1) is 20.0. The van der Waals surface area contributed by atoms with Crippen LogP contribution in [0.1, 0.15) is 80.6 Å². The highest BCUT2D eigenvalue weighted by Gasteiger charge is 2.28. The van der Waals surface area contributed by atoms with E-state index in [1.807, 2.05) is 30.8 Å². The van der Waals surface area contributed by atoms with Crippen molar-refractivity contribution < 1.29 is 13.4 Å². The maximum absolute atomic E-state index is 14.4. The zero-order chi connectivity index (χ0) is 30.0. The number of fused-ring (bicyclic) bond motifs is 1. The number of hydrogen-bond acceptors (Lipinski definition) is 4. The van der Waals surface area contributed by atoms with Gasteiger partial charge in [-0.3, -0.25) is 14.0 Å². The van der Waals surface area contributed by atoms with E-state index in [0.29, 0.717) is 29.1 Å². The Morgan fingerprint density at radius 3 is 2.64 bits per heavy atom. The molecule has 5 rings (SSSR count). The van der Waals surface area contributed by atoms with E-state index in [-0.39, 0.29) is 11.9 Å². The van der Waals surface area contributed by atoms with Gasteiger partial charge in [-0.25, -0.2) is 9.11 Å². The molecule has 2 aromatic heterocycles. The quantitative estimate of drug-likeness (QED) is 0.343. The third kappa shape index (κ3) is 7.06. The van der Waals surface area contributed by atoms with Crippen LogP contribution in [0.15, 0.2) is 42.9 Å². The van der Waals surface area contributed by atoms with Crippen LogP contribution in [0, 0.1) is 11.7 Å². The van der Waals surface area contributed by atoms with E-state index in [2.05, 4.69) is 32.7 Å². The number of carbonyl (C=O) groups is 1. The average Bonchev–Trinajstić information content (AvgIpc) is 3.17. The number of benzene rings is 1. The number of halogens is 1. The molecule has 2 fully saturated rings. The number of hydrogen-bond donors (Lipinski definition) is 1. The van der Waals surface area contributed by atoms with Gasteiger partial charge >= 0.3 is 0 Å². The van der Waals surface area contributed by atoms with Crippen LogP contribution in [0.2, 0.25) is 0 Å². The van der Waals surface area contributed by atoms with Gasteiger partial charge in [-0.05, 0) is 119 Å². The molecule has 1 saturated carbocycles. The van der Waals surface area contributed by atoms with Crippen LogP contribution in [0.4, 0.5) is 4.39 Å². The van der Waals surface area contributed by atoms with Crippen LogP contribution in [-0.4, -0.2) is 80.4 Å². The van der Waals surface area contributed by atoms with Gasteiger partial charge in [-0.2, -0.15) is 0 Å². The monoisotopic (exact) mass is 595 g/mol. The van der Waals surface area contributed by atoms with E-state index in [1.165, 1.54) is 30.5 Å². The van der Waals surface area contributed by atoms with Crippen molar-refractivity contribution in [2.24, 2.45) is 5.92 Å². The first-order valence-electron chi connectivity index (χ1n) is 15.3. The highest BCUT2D eigenvalue weighted by Crippen LogP contribution is 2.37. The molecule has 1 aromatic carbocycles. The van der Waals surface area contributed by atoms with Crippen molar-refractivity contribution in [1.82, 2.24) is 24.1 Å². The second-order valence-electron chi connectivity index (χ2n) is 12.8. The molecule has 1 N–H and O–H groups in total. The summed E-state index contributed by atoms with van der Waals surface area (Å²) >= 11 is 0. The summed E-state index contributed by atoms with van der Waals surface area (Å²) < 4.78 is 31.7. The summed E-state index contributed by atoms with van der Waals surface area (Å²) in [5.41, 5.74) is 3.24. The van der Waals surface area contributed by atoms with E-state index >= 15 is 0 Å². The van der Waals surface area contributed by atoms with Crippen molar-refractivity contribution >= 4 is 32.4 Å². The molecule has 1 aliphatic heterocycles. The van der Waals surface area contributed by atoms with E-state index in [1.54, 1.807) is 24.3 Å². The lowest BCUT2D eigenvalue weighted by Crippen LogP contribution is -2.39. The van der Waals surface area contributed by atoms with Gasteiger partial charge < -0.3 is 14.4 Å². The molecule has 0 radical (unpaired) electrons. The molecule has 1 aliphatic carbocycles. The maximum Gasteiger partial charge on any atom is 0.256 e. The van der Waals surface area contributed by atoms with E-state index in [4.69, 9.17) is 0 Å². The molecule has 1 amide bonds. The van der Waals surface area contributed by atoms with Gasteiger partial charge in [0.1, 0.15) is 5.82 Å². The Hall–Kier alpha value is -2.75. The van der Waals surface area contributed by atoms with Crippen LogP contribution in [-0.2, 0) is 9.71 Å². The lowest BCUT2D eigenvalue weighted by Gasteiger charge is -2.33. The number of likely N-dealkylation sites (tertiary alicyclic amines) is 1. The molecule has 7 nitrogen and oxygen atoms in total. The van der Waals surface area contributed by atoms with Gasteiger partial charge in [0, 0.05) is 59.4 Å². The Labute approximate surface area is 250 Å². The van der Waals surface area contributed by atoms with Gasteiger partial charge in [0.05, 0.1) is 23.0 Å². The largest absolute Gasteiger partial charge is 0.339 e. The minimum Gasteiger partial charge on any atom is -0.339 e. The summed E-state index contributed by atoms with van der Waals surface area (Å²) in [6.07, 6.45) is 15.3. The maximum atomic E-state index is 14.4.